The lowest BCUT2D eigenvalue weighted by molar-refractivity contribution is -0.138. The zero-order valence-electron chi connectivity index (χ0n) is 9.36. The highest BCUT2D eigenvalue weighted by Gasteiger charge is 2.31. The molecule has 0 amide bonds. The Morgan fingerprint density at radius 1 is 1.50 bits per heavy atom. The van der Waals surface area contributed by atoms with Gasteiger partial charge in [0.1, 0.15) is 0 Å². The first-order valence-electron chi connectivity index (χ1n) is 5.50. The van der Waals surface area contributed by atoms with E-state index in [1.54, 1.807) is 0 Å². The minimum Gasteiger partial charge on any atom is -0.481 e. The Labute approximate surface area is 86.1 Å². The van der Waals surface area contributed by atoms with E-state index in [4.69, 9.17) is 5.11 Å². The van der Waals surface area contributed by atoms with Crippen molar-refractivity contribution in [1.29, 1.82) is 0 Å². The van der Waals surface area contributed by atoms with Gasteiger partial charge in [-0.3, -0.25) is 9.69 Å². The van der Waals surface area contributed by atoms with Crippen LogP contribution in [0.3, 0.4) is 0 Å². The second-order valence-electron chi connectivity index (χ2n) is 4.64. The average molecular weight is 199 g/mol. The van der Waals surface area contributed by atoms with Gasteiger partial charge in [-0.1, -0.05) is 13.8 Å². The number of nitrogens with zero attached hydrogens (tertiary/aromatic N) is 1. The Hall–Kier alpha value is -0.570. The van der Waals surface area contributed by atoms with Gasteiger partial charge in [-0.15, -0.1) is 0 Å². The van der Waals surface area contributed by atoms with Crippen molar-refractivity contribution >= 4 is 5.97 Å². The zero-order valence-corrected chi connectivity index (χ0v) is 9.36. The van der Waals surface area contributed by atoms with E-state index in [9.17, 15) is 4.79 Å². The maximum absolute atomic E-state index is 10.6. The number of carboxylic acid groups (broad SMARTS) is 1. The van der Waals surface area contributed by atoms with E-state index in [1.807, 2.05) is 6.92 Å². The standard InChI is InChI=1S/C11H21NO2/c1-8(2)10-5-4-6-12(10)9(3)7-11(13)14/h8-10H,4-7H2,1-3H3,(H,13,14). The van der Waals surface area contributed by atoms with Crippen LogP contribution in [0.4, 0.5) is 0 Å². The summed E-state index contributed by atoms with van der Waals surface area (Å²) >= 11 is 0. The number of aliphatic carboxylic acids is 1. The van der Waals surface area contributed by atoms with Crippen LogP contribution in [0.15, 0.2) is 0 Å². The highest BCUT2D eigenvalue weighted by Crippen LogP contribution is 2.26. The molecule has 1 aliphatic heterocycles. The van der Waals surface area contributed by atoms with Crippen LogP contribution >= 0.6 is 0 Å². The van der Waals surface area contributed by atoms with Crippen molar-refractivity contribution < 1.29 is 9.90 Å². The summed E-state index contributed by atoms with van der Waals surface area (Å²) in [7, 11) is 0. The Morgan fingerprint density at radius 3 is 2.64 bits per heavy atom. The van der Waals surface area contributed by atoms with Crippen molar-refractivity contribution in [3.8, 4) is 0 Å². The maximum atomic E-state index is 10.6. The average Bonchev–Trinajstić information content (AvgIpc) is 2.49. The molecule has 1 saturated heterocycles. The van der Waals surface area contributed by atoms with E-state index in [2.05, 4.69) is 18.7 Å². The molecule has 2 atom stereocenters. The number of carboxylic acids is 1. The molecular weight excluding hydrogens is 178 g/mol. The molecule has 1 aliphatic rings. The molecule has 14 heavy (non-hydrogen) atoms. The molecule has 0 radical (unpaired) electrons. The minimum atomic E-state index is -0.688. The van der Waals surface area contributed by atoms with Crippen LogP contribution in [0.1, 0.15) is 40.0 Å². The fraction of sp³-hybridized carbons (Fsp3) is 0.909. The molecule has 0 aromatic heterocycles. The summed E-state index contributed by atoms with van der Waals surface area (Å²) in [6, 6.07) is 0.770. The van der Waals surface area contributed by atoms with E-state index in [0.717, 1.165) is 6.54 Å². The second kappa shape index (κ2) is 4.78. The Bertz CT molecular complexity index is 203. The Balaban J connectivity index is 2.53. The summed E-state index contributed by atoms with van der Waals surface area (Å²) in [5.41, 5.74) is 0. The van der Waals surface area contributed by atoms with Gasteiger partial charge < -0.3 is 5.11 Å². The fourth-order valence-corrected chi connectivity index (χ4v) is 2.45. The van der Waals surface area contributed by atoms with Crippen molar-refractivity contribution in [2.45, 2.75) is 52.1 Å². The normalized spacial score (nSPS) is 25.6. The van der Waals surface area contributed by atoms with Crippen molar-refractivity contribution in [1.82, 2.24) is 4.90 Å². The van der Waals surface area contributed by atoms with Gasteiger partial charge in [-0.05, 0) is 32.2 Å². The number of hydrogen-bond donors (Lipinski definition) is 1. The largest absolute Gasteiger partial charge is 0.481 e. The Morgan fingerprint density at radius 2 is 2.14 bits per heavy atom. The first-order chi connectivity index (χ1) is 6.52. The summed E-state index contributed by atoms with van der Waals surface area (Å²) in [4.78, 5) is 13.0. The number of hydrogen-bond acceptors (Lipinski definition) is 2. The second-order valence-corrected chi connectivity index (χ2v) is 4.64. The van der Waals surface area contributed by atoms with E-state index >= 15 is 0 Å². The van der Waals surface area contributed by atoms with Crippen LogP contribution in [0.2, 0.25) is 0 Å². The van der Waals surface area contributed by atoms with Crippen LogP contribution in [0.25, 0.3) is 0 Å². The summed E-state index contributed by atoms with van der Waals surface area (Å²) in [6.45, 7) is 7.53. The lowest BCUT2D eigenvalue weighted by atomic mass is 10.0. The molecule has 0 aromatic carbocycles. The highest BCUT2D eigenvalue weighted by atomic mass is 16.4. The maximum Gasteiger partial charge on any atom is 0.304 e. The van der Waals surface area contributed by atoms with E-state index in [0.29, 0.717) is 12.0 Å². The molecule has 0 aromatic rings. The third-order valence-corrected chi connectivity index (χ3v) is 3.15. The molecule has 3 nitrogen and oxygen atoms in total. The van der Waals surface area contributed by atoms with E-state index in [1.165, 1.54) is 12.8 Å². The van der Waals surface area contributed by atoms with Gasteiger partial charge >= 0.3 is 5.97 Å². The van der Waals surface area contributed by atoms with Gasteiger partial charge in [0, 0.05) is 12.1 Å². The molecule has 82 valence electrons. The molecule has 0 saturated carbocycles. The van der Waals surface area contributed by atoms with Gasteiger partial charge in [0.25, 0.3) is 0 Å². The predicted molar refractivity (Wildman–Crippen MR) is 56.3 cm³/mol. The van der Waals surface area contributed by atoms with Crippen LogP contribution in [0.5, 0.6) is 0 Å². The van der Waals surface area contributed by atoms with Gasteiger partial charge in [0.2, 0.25) is 0 Å². The SMILES string of the molecule is CC(C)C1CCCN1C(C)CC(=O)O. The zero-order chi connectivity index (χ0) is 10.7. The van der Waals surface area contributed by atoms with Crippen LogP contribution in [-0.2, 0) is 4.79 Å². The number of rotatable bonds is 4. The predicted octanol–water partition coefficient (Wildman–Crippen LogP) is 1.97. The summed E-state index contributed by atoms with van der Waals surface area (Å²) in [5.74, 6) is -0.0550. The number of carbonyl (C=O) groups is 1. The van der Waals surface area contributed by atoms with E-state index < -0.39 is 5.97 Å². The molecule has 1 fully saturated rings. The molecule has 3 heteroatoms. The summed E-state index contributed by atoms with van der Waals surface area (Å²) in [5, 5.41) is 8.74. The van der Waals surface area contributed by atoms with Gasteiger partial charge in [0.15, 0.2) is 0 Å². The Kier molecular flexibility index (Phi) is 3.93. The minimum absolute atomic E-state index is 0.183. The van der Waals surface area contributed by atoms with Crippen molar-refractivity contribution in [3.63, 3.8) is 0 Å². The third-order valence-electron chi connectivity index (χ3n) is 3.15. The van der Waals surface area contributed by atoms with E-state index in [-0.39, 0.29) is 12.5 Å². The van der Waals surface area contributed by atoms with Crippen molar-refractivity contribution in [2.24, 2.45) is 5.92 Å². The molecule has 2 unspecified atom stereocenters. The summed E-state index contributed by atoms with van der Waals surface area (Å²) in [6.07, 6.45) is 2.71. The lowest BCUT2D eigenvalue weighted by Crippen LogP contribution is -2.41. The first-order valence-corrected chi connectivity index (χ1v) is 5.50. The molecular formula is C11H21NO2. The quantitative estimate of drug-likeness (QED) is 0.752. The third kappa shape index (κ3) is 2.71. The summed E-state index contributed by atoms with van der Waals surface area (Å²) < 4.78 is 0. The topological polar surface area (TPSA) is 40.5 Å². The van der Waals surface area contributed by atoms with Gasteiger partial charge in [-0.2, -0.15) is 0 Å². The molecule has 0 aliphatic carbocycles. The molecule has 1 rings (SSSR count). The molecule has 1 N–H and O–H groups in total. The van der Waals surface area contributed by atoms with Crippen LogP contribution in [0, 0.1) is 5.92 Å². The molecule has 0 spiro atoms. The van der Waals surface area contributed by atoms with Crippen LogP contribution in [-0.4, -0.2) is 34.6 Å². The smallest absolute Gasteiger partial charge is 0.304 e. The first kappa shape index (κ1) is 11.5. The van der Waals surface area contributed by atoms with Crippen molar-refractivity contribution in [2.75, 3.05) is 6.54 Å². The van der Waals surface area contributed by atoms with Gasteiger partial charge in [0.05, 0.1) is 6.42 Å². The van der Waals surface area contributed by atoms with Gasteiger partial charge in [-0.25, -0.2) is 0 Å². The molecule has 0 bridgehead atoms. The number of likely N-dealkylation sites (tertiary alicyclic amines) is 1. The lowest BCUT2D eigenvalue weighted by Gasteiger charge is -2.32. The highest BCUT2D eigenvalue weighted by molar-refractivity contribution is 5.67. The monoisotopic (exact) mass is 199 g/mol. The van der Waals surface area contributed by atoms with Crippen molar-refractivity contribution in [3.05, 3.63) is 0 Å². The molecule has 1 heterocycles. The fourth-order valence-electron chi connectivity index (χ4n) is 2.45. The van der Waals surface area contributed by atoms with Crippen LogP contribution < -0.4 is 0 Å².